The molecule has 0 bridgehead atoms. The molecule has 0 fully saturated rings. The number of rotatable bonds is 2. The molecule has 196 valence electrons. The standard InChI is InChI=1S/C10H8O6S2.2C7H6ClN2/c11-17(12,13)9-5-1-3-7-8(9)4-2-6-10(7)18(14,15)16;2*1-5-2-3-6(8)4-7(5)10-9/h1-6H,(H,11,12,13)(H,14,15,16);2*2-4H,1H3/q;2*+1/p-2. The van der Waals surface area contributed by atoms with Crippen molar-refractivity contribution in [1.29, 1.82) is 10.8 Å². The fraction of sp³-hybridized carbons (Fsp3) is 0.0833. The number of hydrogen-bond donors (Lipinski definition) is 0. The summed E-state index contributed by atoms with van der Waals surface area (Å²) in [6.45, 7) is 3.71. The van der Waals surface area contributed by atoms with Gasteiger partial charge in [-0.15, -0.1) is 0 Å². The minimum atomic E-state index is -4.74. The van der Waals surface area contributed by atoms with Gasteiger partial charge in [0, 0.05) is 31.9 Å². The van der Waals surface area contributed by atoms with E-state index in [4.69, 9.17) is 34.0 Å². The minimum Gasteiger partial charge on any atom is -0.744 e. The molecule has 0 aliphatic carbocycles. The molecule has 0 amide bonds. The number of halogens is 2. The first kappa shape index (κ1) is 30.6. The number of benzene rings is 4. The van der Waals surface area contributed by atoms with Gasteiger partial charge in [-0.3, -0.25) is 0 Å². The summed E-state index contributed by atoms with van der Waals surface area (Å²) in [4.78, 5) is 4.99. The molecule has 0 aliphatic heterocycles. The van der Waals surface area contributed by atoms with Crippen LogP contribution in [0, 0.1) is 24.6 Å². The Kier molecular flexibility index (Phi) is 10.3. The van der Waals surface area contributed by atoms with Crippen LogP contribution in [0.1, 0.15) is 11.1 Å². The summed E-state index contributed by atoms with van der Waals surface area (Å²) < 4.78 is 66.1. The second kappa shape index (κ2) is 12.8. The molecule has 0 heterocycles. The van der Waals surface area contributed by atoms with Gasteiger partial charge < -0.3 is 9.11 Å². The highest BCUT2D eigenvalue weighted by atomic mass is 35.5. The lowest BCUT2D eigenvalue weighted by Gasteiger charge is -2.14. The fourth-order valence-electron chi connectivity index (χ4n) is 3.07. The fourth-order valence-corrected chi connectivity index (χ4v) is 4.79. The van der Waals surface area contributed by atoms with Crippen LogP contribution in [0.15, 0.2) is 82.6 Å². The summed E-state index contributed by atoms with van der Waals surface area (Å²) in [7, 11) is -9.48. The van der Waals surface area contributed by atoms with Crippen molar-refractivity contribution >= 4 is 65.6 Å². The number of diazo groups is 2. The smallest absolute Gasteiger partial charge is 0.389 e. The molecule has 4 rings (SSSR count). The number of hydrogen-bond acceptors (Lipinski definition) is 8. The number of nitrogens with zero attached hydrogens (tertiary/aromatic N) is 4. The molecule has 38 heavy (non-hydrogen) atoms. The lowest BCUT2D eigenvalue weighted by atomic mass is 10.1. The lowest BCUT2D eigenvalue weighted by molar-refractivity contribution is 0.461. The SMILES string of the molecule is Cc1ccc(Cl)cc1[N+]#N.Cc1ccc(Cl)cc1[N+]#N.O=S(=O)([O-])c1cccc2c(S(=O)(=O)[O-])cccc12. The zero-order valence-electron chi connectivity index (χ0n) is 19.7. The Labute approximate surface area is 229 Å². The topological polar surface area (TPSA) is 171 Å². The first-order chi connectivity index (χ1) is 17.7. The van der Waals surface area contributed by atoms with Gasteiger partial charge >= 0.3 is 11.4 Å². The number of fused-ring (bicyclic) bond motifs is 1. The van der Waals surface area contributed by atoms with E-state index in [1.165, 1.54) is 24.3 Å². The van der Waals surface area contributed by atoms with E-state index in [1.807, 2.05) is 13.8 Å². The van der Waals surface area contributed by atoms with Gasteiger partial charge in [0.15, 0.2) is 9.95 Å². The number of aryl methyl sites for hydroxylation is 2. The highest BCUT2D eigenvalue weighted by Gasteiger charge is 2.12. The zero-order chi connectivity index (χ0) is 28.7. The zero-order valence-corrected chi connectivity index (χ0v) is 22.9. The van der Waals surface area contributed by atoms with E-state index >= 15 is 0 Å². The highest BCUT2D eigenvalue weighted by molar-refractivity contribution is 7.86. The maximum atomic E-state index is 11.0. The summed E-state index contributed by atoms with van der Waals surface area (Å²) in [6, 6.07) is 17.4. The molecule has 4 aromatic rings. The highest BCUT2D eigenvalue weighted by Crippen LogP contribution is 2.28. The van der Waals surface area contributed by atoms with Gasteiger partial charge in [-0.25, -0.2) is 16.8 Å². The van der Waals surface area contributed by atoms with Crippen LogP contribution in [-0.4, -0.2) is 25.9 Å². The summed E-state index contributed by atoms with van der Waals surface area (Å²) in [6.07, 6.45) is 0. The molecule has 0 saturated heterocycles. The average Bonchev–Trinajstić information content (AvgIpc) is 2.85. The quantitative estimate of drug-likeness (QED) is 0.178. The Bertz CT molecular complexity index is 1670. The molecule has 0 N–H and O–H groups in total. The van der Waals surface area contributed by atoms with Crippen LogP contribution in [0.25, 0.3) is 20.7 Å². The van der Waals surface area contributed by atoms with Crippen molar-refractivity contribution in [1.82, 2.24) is 0 Å². The van der Waals surface area contributed by atoms with Crippen molar-refractivity contribution in [2.24, 2.45) is 0 Å². The van der Waals surface area contributed by atoms with E-state index in [-0.39, 0.29) is 10.8 Å². The van der Waals surface area contributed by atoms with Gasteiger partial charge in [0.2, 0.25) is 10.8 Å². The molecule has 0 saturated carbocycles. The van der Waals surface area contributed by atoms with Crippen molar-refractivity contribution in [3.05, 3.63) is 104 Å². The van der Waals surface area contributed by atoms with Gasteiger partial charge in [0.1, 0.15) is 20.2 Å². The van der Waals surface area contributed by atoms with E-state index < -0.39 is 30.0 Å². The molecule has 0 aliphatic rings. The maximum absolute atomic E-state index is 11.0. The molecule has 4 aromatic carbocycles. The molecule has 0 aromatic heterocycles. The Balaban J connectivity index is 0.000000216. The van der Waals surface area contributed by atoms with Gasteiger partial charge in [0.25, 0.3) is 0 Å². The van der Waals surface area contributed by atoms with Crippen molar-refractivity contribution in [3.63, 3.8) is 0 Å². The first-order valence-electron chi connectivity index (χ1n) is 10.3. The maximum Gasteiger partial charge on any atom is 0.389 e. The summed E-state index contributed by atoms with van der Waals surface area (Å²) in [5, 5.41) is 17.8. The van der Waals surface area contributed by atoms with Gasteiger partial charge in [-0.1, -0.05) is 47.5 Å². The Morgan fingerprint density at radius 2 is 0.974 bits per heavy atom. The Morgan fingerprint density at radius 1 is 0.632 bits per heavy atom. The van der Waals surface area contributed by atoms with E-state index in [0.29, 0.717) is 21.4 Å². The second-order valence-electron chi connectivity index (χ2n) is 7.58. The third-order valence-corrected chi connectivity index (χ3v) is 7.20. The van der Waals surface area contributed by atoms with Crippen molar-refractivity contribution in [2.45, 2.75) is 23.6 Å². The first-order valence-corrected chi connectivity index (χ1v) is 13.9. The van der Waals surface area contributed by atoms with Crippen molar-refractivity contribution in [3.8, 4) is 0 Å². The molecule has 14 heteroatoms. The molecule has 10 nitrogen and oxygen atoms in total. The van der Waals surface area contributed by atoms with Crippen LogP contribution >= 0.6 is 23.2 Å². The largest absolute Gasteiger partial charge is 0.744 e. The monoisotopic (exact) mass is 592 g/mol. The Morgan fingerprint density at radius 3 is 1.24 bits per heavy atom. The molecule has 0 spiro atoms. The molecule has 0 radical (unpaired) electrons. The lowest BCUT2D eigenvalue weighted by Crippen LogP contribution is -2.03. The second-order valence-corrected chi connectivity index (χ2v) is 11.1. The van der Waals surface area contributed by atoms with Gasteiger partial charge in [-0.2, -0.15) is 0 Å². The third-order valence-electron chi connectivity index (χ3n) is 4.94. The van der Waals surface area contributed by atoms with E-state index in [0.717, 1.165) is 23.3 Å². The van der Waals surface area contributed by atoms with Crippen LogP contribution in [0.3, 0.4) is 0 Å². The predicted octanol–water partition coefficient (Wildman–Crippen LogP) is 6.91. The van der Waals surface area contributed by atoms with Crippen molar-refractivity contribution in [2.75, 3.05) is 0 Å². The molecular formula is C24H18Cl2N4O6S2. The average molecular weight is 593 g/mol. The van der Waals surface area contributed by atoms with E-state index in [1.54, 1.807) is 36.4 Å². The van der Waals surface area contributed by atoms with Crippen LogP contribution in [0.4, 0.5) is 11.4 Å². The summed E-state index contributed by atoms with van der Waals surface area (Å²) in [5.74, 6) is 0. The Hall–Kier alpha value is -3.62. The van der Waals surface area contributed by atoms with Gasteiger partial charge in [0.05, 0.1) is 21.9 Å². The van der Waals surface area contributed by atoms with Crippen LogP contribution in [0.2, 0.25) is 10.0 Å². The van der Waals surface area contributed by atoms with Gasteiger partial charge in [-0.05, 0) is 50.2 Å². The van der Waals surface area contributed by atoms with E-state index in [9.17, 15) is 25.9 Å². The minimum absolute atomic E-state index is 0.0792. The molecular weight excluding hydrogens is 575 g/mol. The van der Waals surface area contributed by atoms with Crippen LogP contribution < -0.4 is 0 Å². The summed E-state index contributed by atoms with van der Waals surface area (Å²) in [5.41, 5.74) is 2.86. The normalized spacial score (nSPS) is 10.7. The van der Waals surface area contributed by atoms with Crippen LogP contribution in [0.5, 0.6) is 0 Å². The summed E-state index contributed by atoms with van der Waals surface area (Å²) >= 11 is 11.2. The van der Waals surface area contributed by atoms with Crippen LogP contribution in [-0.2, 0) is 20.2 Å². The van der Waals surface area contributed by atoms with Crippen molar-refractivity contribution < 1.29 is 25.9 Å². The molecule has 0 unspecified atom stereocenters. The van der Waals surface area contributed by atoms with E-state index in [2.05, 4.69) is 9.95 Å². The third kappa shape index (κ3) is 8.19. The predicted molar refractivity (Wildman–Crippen MR) is 142 cm³/mol. The molecule has 0 atom stereocenters.